The maximum absolute atomic E-state index is 13.3. The van der Waals surface area contributed by atoms with Crippen molar-refractivity contribution in [2.24, 2.45) is 4.99 Å². The molecular weight excluding hydrogens is 432 g/mol. The fourth-order valence-electron chi connectivity index (χ4n) is 4.38. The predicted molar refractivity (Wildman–Crippen MR) is 130 cm³/mol. The van der Waals surface area contributed by atoms with Gasteiger partial charge in [0.1, 0.15) is 28.7 Å². The van der Waals surface area contributed by atoms with Gasteiger partial charge in [-0.2, -0.15) is 0 Å². The van der Waals surface area contributed by atoms with Gasteiger partial charge in [0.05, 0.1) is 39.5 Å². The third-order valence-corrected chi connectivity index (χ3v) is 6.04. The molecule has 7 heteroatoms. The standard InChI is InChI=1S/C27H18N2O5/c30-25-15-7-1-5-11-22(15)33-14-17(25)20-13-21(29-19-10-4-3-9-18(19)28-20)24-26(31)16-8-2-6-12-23(16)34-27(24)32/h1-12,14,20,28,31H,13H2. The van der Waals surface area contributed by atoms with Crippen molar-refractivity contribution in [1.29, 1.82) is 0 Å². The van der Waals surface area contributed by atoms with E-state index < -0.39 is 11.7 Å². The van der Waals surface area contributed by atoms with Crippen molar-refractivity contribution in [2.75, 3.05) is 5.32 Å². The Labute approximate surface area is 192 Å². The highest BCUT2D eigenvalue weighted by Crippen LogP contribution is 2.37. The minimum Gasteiger partial charge on any atom is -0.506 e. The van der Waals surface area contributed by atoms with Crippen molar-refractivity contribution in [3.8, 4) is 5.75 Å². The van der Waals surface area contributed by atoms with Crippen LogP contribution in [-0.4, -0.2) is 10.8 Å². The van der Waals surface area contributed by atoms with Crippen molar-refractivity contribution in [3.05, 3.63) is 111 Å². The molecule has 1 unspecified atom stereocenters. The normalized spacial score (nSPS) is 15.4. The Bertz CT molecular complexity index is 1730. The van der Waals surface area contributed by atoms with Gasteiger partial charge in [-0.05, 0) is 36.4 Å². The summed E-state index contributed by atoms with van der Waals surface area (Å²) in [6.45, 7) is 0. The fourth-order valence-corrected chi connectivity index (χ4v) is 4.38. The lowest BCUT2D eigenvalue weighted by atomic mass is 9.97. The summed E-state index contributed by atoms with van der Waals surface area (Å²) < 4.78 is 11.2. The second-order valence-corrected chi connectivity index (χ2v) is 8.10. The van der Waals surface area contributed by atoms with Gasteiger partial charge < -0.3 is 19.3 Å². The second kappa shape index (κ2) is 7.74. The fraction of sp³-hybridized carbons (Fsp3) is 0.0741. The Morgan fingerprint density at radius 2 is 1.59 bits per heavy atom. The summed E-state index contributed by atoms with van der Waals surface area (Å²) in [6.07, 6.45) is 1.59. The van der Waals surface area contributed by atoms with Crippen molar-refractivity contribution in [1.82, 2.24) is 0 Å². The van der Waals surface area contributed by atoms with Crippen LogP contribution in [-0.2, 0) is 0 Å². The van der Waals surface area contributed by atoms with Crippen LogP contribution in [0.25, 0.3) is 21.9 Å². The zero-order valence-corrected chi connectivity index (χ0v) is 17.8. The van der Waals surface area contributed by atoms with Gasteiger partial charge in [-0.15, -0.1) is 0 Å². The van der Waals surface area contributed by atoms with Gasteiger partial charge >= 0.3 is 5.63 Å². The number of fused-ring (bicyclic) bond motifs is 3. The van der Waals surface area contributed by atoms with Crippen molar-refractivity contribution in [3.63, 3.8) is 0 Å². The van der Waals surface area contributed by atoms with Crippen molar-refractivity contribution >= 4 is 39.0 Å². The zero-order valence-electron chi connectivity index (χ0n) is 17.8. The number of rotatable bonds is 2. The molecule has 2 N–H and O–H groups in total. The molecule has 0 aliphatic carbocycles. The van der Waals surface area contributed by atoms with Crippen LogP contribution in [0, 0.1) is 0 Å². The number of aliphatic imine (C=N–C) groups is 1. The summed E-state index contributed by atoms with van der Waals surface area (Å²) in [5.41, 5.74) is 1.87. The third-order valence-electron chi connectivity index (χ3n) is 6.04. The van der Waals surface area contributed by atoms with Gasteiger partial charge in [-0.25, -0.2) is 4.79 Å². The summed E-state index contributed by atoms with van der Waals surface area (Å²) in [5.74, 6) is -0.200. The lowest BCUT2D eigenvalue weighted by Gasteiger charge is -2.18. The first kappa shape index (κ1) is 20.0. The van der Waals surface area contributed by atoms with Crippen LogP contribution in [0.5, 0.6) is 5.75 Å². The van der Waals surface area contributed by atoms with Crippen LogP contribution in [0.4, 0.5) is 11.4 Å². The molecule has 2 aromatic heterocycles. The summed E-state index contributed by atoms with van der Waals surface area (Å²) in [6, 6.07) is 20.6. The number of para-hydroxylation sites is 4. The van der Waals surface area contributed by atoms with E-state index in [1.165, 1.54) is 6.26 Å². The molecule has 0 saturated carbocycles. The van der Waals surface area contributed by atoms with E-state index in [1.54, 1.807) is 54.6 Å². The summed E-state index contributed by atoms with van der Waals surface area (Å²) in [5, 5.41) is 15.3. The molecule has 1 aliphatic rings. The Hall–Kier alpha value is -4.65. The molecule has 1 atom stereocenters. The lowest BCUT2D eigenvalue weighted by molar-refractivity contribution is 0.465. The van der Waals surface area contributed by atoms with Gasteiger partial charge in [0.25, 0.3) is 0 Å². The molecule has 3 heterocycles. The molecule has 7 nitrogen and oxygen atoms in total. The van der Waals surface area contributed by atoms with E-state index in [1.807, 2.05) is 18.2 Å². The maximum atomic E-state index is 13.3. The van der Waals surface area contributed by atoms with Gasteiger partial charge in [0.2, 0.25) is 0 Å². The third kappa shape index (κ3) is 3.17. The van der Waals surface area contributed by atoms with Crippen LogP contribution in [0.1, 0.15) is 23.6 Å². The lowest BCUT2D eigenvalue weighted by Crippen LogP contribution is -2.23. The number of benzene rings is 3. The Balaban J connectivity index is 1.57. The minimum absolute atomic E-state index is 0.0209. The second-order valence-electron chi connectivity index (χ2n) is 8.10. The molecule has 0 amide bonds. The average molecular weight is 450 g/mol. The van der Waals surface area contributed by atoms with Crippen molar-refractivity contribution < 1.29 is 13.9 Å². The molecule has 3 aromatic carbocycles. The molecule has 0 spiro atoms. The smallest absolute Gasteiger partial charge is 0.349 e. The molecule has 6 rings (SSSR count). The topological polar surface area (TPSA) is 105 Å². The summed E-state index contributed by atoms with van der Waals surface area (Å²) >= 11 is 0. The monoisotopic (exact) mass is 450 g/mol. The highest BCUT2D eigenvalue weighted by Gasteiger charge is 2.28. The van der Waals surface area contributed by atoms with E-state index in [0.717, 1.165) is 0 Å². The molecule has 34 heavy (non-hydrogen) atoms. The average Bonchev–Trinajstić information content (AvgIpc) is 3.04. The molecule has 1 aliphatic heterocycles. The SMILES string of the molecule is O=c1oc2ccccc2c(O)c1C1=Nc2ccccc2NC(c2coc3ccccc3c2=O)C1. The largest absolute Gasteiger partial charge is 0.506 e. The predicted octanol–water partition coefficient (Wildman–Crippen LogP) is 5.28. The highest BCUT2D eigenvalue weighted by atomic mass is 16.4. The van der Waals surface area contributed by atoms with E-state index in [2.05, 4.69) is 5.32 Å². The van der Waals surface area contributed by atoms with Crippen LogP contribution >= 0.6 is 0 Å². The summed E-state index contributed by atoms with van der Waals surface area (Å²) in [7, 11) is 0. The van der Waals surface area contributed by atoms with Crippen molar-refractivity contribution in [2.45, 2.75) is 12.5 Å². The summed E-state index contributed by atoms with van der Waals surface area (Å²) in [4.78, 5) is 31.0. The Morgan fingerprint density at radius 1 is 0.882 bits per heavy atom. The first-order valence-corrected chi connectivity index (χ1v) is 10.8. The number of aromatic hydroxyl groups is 1. The molecule has 0 saturated heterocycles. The Morgan fingerprint density at radius 3 is 2.44 bits per heavy atom. The van der Waals surface area contributed by atoms with Gasteiger partial charge in [0, 0.05) is 6.42 Å². The molecule has 5 aromatic rings. The van der Waals surface area contributed by atoms with Gasteiger partial charge in [-0.3, -0.25) is 9.79 Å². The Kier molecular flexibility index (Phi) is 4.55. The number of hydrogen-bond acceptors (Lipinski definition) is 7. The van der Waals surface area contributed by atoms with E-state index in [9.17, 15) is 14.7 Å². The van der Waals surface area contributed by atoms with Crippen LogP contribution in [0.2, 0.25) is 0 Å². The van der Waals surface area contributed by atoms with Crippen LogP contribution in [0.15, 0.2) is 102 Å². The van der Waals surface area contributed by atoms with E-state index in [0.29, 0.717) is 39.0 Å². The number of nitrogens with one attached hydrogen (secondary N) is 1. The molecule has 166 valence electrons. The van der Waals surface area contributed by atoms with E-state index in [4.69, 9.17) is 13.8 Å². The quantitative estimate of drug-likeness (QED) is 0.355. The number of hydrogen-bond donors (Lipinski definition) is 2. The highest BCUT2D eigenvalue weighted by molar-refractivity contribution is 6.08. The molecule has 0 fully saturated rings. The van der Waals surface area contributed by atoms with E-state index in [-0.39, 0.29) is 28.7 Å². The number of anilines is 1. The maximum Gasteiger partial charge on any atom is 0.349 e. The van der Waals surface area contributed by atoms with Crippen LogP contribution in [0.3, 0.4) is 0 Å². The molecular formula is C27H18N2O5. The molecule has 0 radical (unpaired) electrons. The van der Waals surface area contributed by atoms with Gasteiger partial charge in [-0.1, -0.05) is 36.4 Å². The zero-order chi connectivity index (χ0) is 23.2. The first-order valence-electron chi connectivity index (χ1n) is 10.8. The first-order chi connectivity index (χ1) is 16.6. The van der Waals surface area contributed by atoms with Gasteiger partial charge in [0.15, 0.2) is 5.43 Å². The number of nitrogens with zero attached hydrogens (tertiary/aromatic N) is 1. The minimum atomic E-state index is -0.696. The van der Waals surface area contributed by atoms with Crippen LogP contribution < -0.4 is 16.4 Å². The molecule has 0 bridgehead atoms. The van der Waals surface area contributed by atoms with E-state index >= 15 is 0 Å².